The van der Waals surface area contributed by atoms with Gasteiger partial charge in [-0.05, 0) is 42.7 Å². The predicted molar refractivity (Wildman–Crippen MR) is 103 cm³/mol. The molecule has 2 aromatic carbocycles. The summed E-state index contributed by atoms with van der Waals surface area (Å²) in [6, 6.07) is 16.7. The number of carbonyl (C=O) groups excluding carboxylic acids is 1. The molecule has 0 atom stereocenters. The second-order valence-corrected chi connectivity index (χ2v) is 6.10. The molecular formula is C21H25NO5. The highest BCUT2D eigenvalue weighted by molar-refractivity contribution is 5.90. The van der Waals surface area contributed by atoms with Crippen LogP contribution in [-0.4, -0.2) is 30.2 Å². The van der Waals surface area contributed by atoms with Gasteiger partial charge in [-0.25, -0.2) is 4.79 Å². The van der Waals surface area contributed by atoms with Crippen LogP contribution in [0.1, 0.15) is 31.2 Å². The SMILES string of the molecule is O=C(O)COc1ccc(NC(=O)CCCCCOCc2ccccc2)cc1. The molecule has 6 nitrogen and oxygen atoms in total. The van der Waals surface area contributed by atoms with E-state index in [4.69, 9.17) is 14.6 Å². The molecule has 0 aromatic heterocycles. The lowest BCUT2D eigenvalue weighted by molar-refractivity contribution is -0.139. The number of amides is 1. The minimum absolute atomic E-state index is 0.0422. The number of benzene rings is 2. The number of nitrogens with one attached hydrogen (secondary N) is 1. The normalized spacial score (nSPS) is 10.4. The lowest BCUT2D eigenvalue weighted by Gasteiger charge is -2.07. The van der Waals surface area contributed by atoms with E-state index in [2.05, 4.69) is 5.32 Å². The van der Waals surface area contributed by atoms with E-state index in [9.17, 15) is 9.59 Å². The summed E-state index contributed by atoms with van der Waals surface area (Å²) in [6.07, 6.45) is 3.12. The predicted octanol–water partition coefficient (Wildman–Crippen LogP) is 3.87. The van der Waals surface area contributed by atoms with Crippen molar-refractivity contribution in [2.75, 3.05) is 18.5 Å². The molecule has 0 heterocycles. The number of anilines is 1. The first kappa shape index (κ1) is 20.5. The highest BCUT2D eigenvalue weighted by Crippen LogP contribution is 2.16. The summed E-state index contributed by atoms with van der Waals surface area (Å²) in [5.74, 6) is -0.622. The van der Waals surface area contributed by atoms with E-state index in [1.54, 1.807) is 24.3 Å². The maximum absolute atomic E-state index is 11.9. The molecule has 0 saturated heterocycles. The highest BCUT2D eigenvalue weighted by atomic mass is 16.5. The molecule has 0 unspecified atom stereocenters. The maximum atomic E-state index is 11.9. The van der Waals surface area contributed by atoms with Crippen LogP contribution in [0.3, 0.4) is 0 Å². The van der Waals surface area contributed by atoms with Crippen molar-refractivity contribution in [2.45, 2.75) is 32.3 Å². The van der Waals surface area contributed by atoms with E-state index in [-0.39, 0.29) is 12.5 Å². The van der Waals surface area contributed by atoms with Crippen LogP contribution in [0.25, 0.3) is 0 Å². The summed E-state index contributed by atoms with van der Waals surface area (Å²) in [4.78, 5) is 22.4. The summed E-state index contributed by atoms with van der Waals surface area (Å²) >= 11 is 0. The van der Waals surface area contributed by atoms with Crippen LogP contribution in [0, 0.1) is 0 Å². The standard InChI is InChI=1S/C21H25NO5/c23-20(22-18-10-12-19(13-11-18)27-16-21(24)25)9-5-2-6-14-26-15-17-7-3-1-4-8-17/h1,3-4,7-8,10-13H,2,5-6,9,14-16H2,(H,22,23)(H,24,25). The molecule has 27 heavy (non-hydrogen) atoms. The van der Waals surface area contributed by atoms with Crippen molar-refractivity contribution in [3.05, 3.63) is 60.2 Å². The van der Waals surface area contributed by atoms with Crippen molar-refractivity contribution < 1.29 is 24.2 Å². The van der Waals surface area contributed by atoms with Crippen LogP contribution in [0.2, 0.25) is 0 Å². The van der Waals surface area contributed by atoms with E-state index in [1.807, 2.05) is 30.3 Å². The molecule has 0 spiro atoms. The Morgan fingerprint density at radius 1 is 0.926 bits per heavy atom. The molecule has 0 bridgehead atoms. The Kier molecular flexibility index (Phi) is 8.86. The summed E-state index contributed by atoms with van der Waals surface area (Å²) < 4.78 is 10.7. The Bertz CT molecular complexity index is 700. The average molecular weight is 371 g/mol. The van der Waals surface area contributed by atoms with Gasteiger partial charge in [0.1, 0.15) is 5.75 Å². The molecule has 2 rings (SSSR count). The average Bonchev–Trinajstić information content (AvgIpc) is 2.67. The Balaban J connectivity index is 1.53. The van der Waals surface area contributed by atoms with Gasteiger partial charge in [0.15, 0.2) is 6.61 Å². The Hall–Kier alpha value is -2.86. The van der Waals surface area contributed by atoms with Gasteiger partial charge in [0.05, 0.1) is 6.61 Å². The van der Waals surface area contributed by atoms with E-state index < -0.39 is 5.97 Å². The molecule has 6 heteroatoms. The van der Waals surface area contributed by atoms with Gasteiger partial charge in [0.25, 0.3) is 0 Å². The summed E-state index contributed by atoms with van der Waals surface area (Å²) in [5, 5.41) is 11.4. The van der Waals surface area contributed by atoms with E-state index in [1.165, 1.54) is 0 Å². The highest BCUT2D eigenvalue weighted by Gasteiger charge is 2.04. The third-order valence-corrected chi connectivity index (χ3v) is 3.80. The fourth-order valence-electron chi connectivity index (χ4n) is 2.43. The van der Waals surface area contributed by atoms with Crippen LogP contribution < -0.4 is 10.1 Å². The molecule has 2 aromatic rings. The van der Waals surface area contributed by atoms with Crippen molar-refractivity contribution in [1.29, 1.82) is 0 Å². The zero-order valence-electron chi connectivity index (χ0n) is 15.2. The number of carbonyl (C=O) groups is 2. The van der Waals surface area contributed by atoms with Crippen LogP contribution in [0.15, 0.2) is 54.6 Å². The van der Waals surface area contributed by atoms with Gasteiger partial charge in [-0.1, -0.05) is 36.8 Å². The number of hydrogen-bond donors (Lipinski definition) is 2. The fraction of sp³-hybridized carbons (Fsp3) is 0.333. The van der Waals surface area contributed by atoms with Gasteiger partial charge in [-0.15, -0.1) is 0 Å². The molecule has 0 fully saturated rings. The van der Waals surface area contributed by atoms with Gasteiger partial charge < -0.3 is 19.9 Å². The fourth-order valence-corrected chi connectivity index (χ4v) is 2.43. The largest absolute Gasteiger partial charge is 0.482 e. The molecule has 1 amide bonds. The van der Waals surface area contributed by atoms with E-state index in [0.717, 1.165) is 24.8 Å². The van der Waals surface area contributed by atoms with E-state index in [0.29, 0.717) is 31.1 Å². The Labute approximate surface area is 159 Å². The van der Waals surface area contributed by atoms with Crippen LogP contribution in [-0.2, 0) is 20.9 Å². The topological polar surface area (TPSA) is 84.9 Å². The smallest absolute Gasteiger partial charge is 0.341 e. The maximum Gasteiger partial charge on any atom is 0.341 e. The summed E-state index contributed by atoms with van der Waals surface area (Å²) in [6.45, 7) is 0.919. The Morgan fingerprint density at radius 2 is 1.67 bits per heavy atom. The first-order valence-corrected chi connectivity index (χ1v) is 8.99. The van der Waals surface area contributed by atoms with Crippen molar-refractivity contribution in [2.24, 2.45) is 0 Å². The van der Waals surface area contributed by atoms with Gasteiger partial charge in [0, 0.05) is 18.7 Å². The Morgan fingerprint density at radius 3 is 2.37 bits per heavy atom. The lowest BCUT2D eigenvalue weighted by Crippen LogP contribution is -2.11. The minimum atomic E-state index is -1.03. The lowest BCUT2D eigenvalue weighted by atomic mass is 10.2. The number of hydrogen-bond acceptors (Lipinski definition) is 4. The third-order valence-electron chi connectivity index (χ3n) is 3.80. The number of unbranched alkanes of at least 4 members (excludes halogenated alkanes) is 2. The first-order valence-electron chi connectivity index (χ1n) is 8.99. The summed E-state index contributed by atoms with van der Waals surface area (Å²) in [7, 11) is 0. The van der Waals surface area contributed by atoms with E-state index >= 15 is 0 Å². The molecule has 0 aliphatic heterocycles. The minimum Gasteiger partial charge on any atom is -0.482 e. The molecular weight excluding hydrogens is 346 g/mol. The van der Waals surface area contributed by atoms with Crippen molar-refractivity contribution >= 4 is 17.6 Å². The number of ether oxygens (including phenoxy) is 2. The number of aliphatic carboxylic acids is 1. The van der Waals surface area contributed by atoms with Gasteiger partial charge in [-0.3, -0.25) is 4.79 Å². The second-order valence-electron chi connectivity index (χ2n) is 6.10. The van der Waals surface area contributed by atoms with Crippen LogP contribution >= 0.6 is 0 Å². The monoisotopic (exact) mass is 371 g/mol. The van der Waals surface area contributed by atoms with Gasteiger partial charge >= 0.3 is 5.97 Å². The number of carboxylic acids is 1. The number of rotatable bonds is 12. The van der Waals surface area contributed by atoms with Crippen molar-refractivity contribution in [3.63, 3.8) is 0 Å². The van der Waals surface area contributed by atoms with Crippen LogP contribution in [0.4, 0.5) is 5.69 Å². The van der Waals surface area contributed by atoms with Crippen molar-refractivity contribution in [1.82, 2.24) is 0 Å². The molecule has 2 N–H and O–H groups in total. The van der Waals surface area contributed by atoms with Gasteiger partial charge in [0.2, 0.25) is 5.91 Å². The summed E-state index contributed by atoms with van der Waals surface area (Å²) in [5.41, 5.74) is 1.82. The van der Waals surface area contributed by atoms with Crippen molar-refractivity contribution in [3.8, 4) is 5.75 Å². The molecule has 0 aliphatic rings. The number of carboxylic acid groups (broad SMARTS) is 1. The molecule has 0 saturated carbocycles. The zero-order chi connectivity index (χ0) is 19.3. The molecule has 144 valence electrons. The van der Waals surface area contributed by atoms with Gasteiger partial charge in [-0.2, -0.15) is 0 Å². The van der Waals surface area contributed by atoms with Crippen LogP contribution in [0.5, 0.6) is 5.75 Å². The third kappa shape index (κ3) is 8.87. The molecule has 0 aliphatic carbocycles. The zero-order valence-corrected chi connectivity index (χ0v) is 15.2. The first-order chi connectivity index (χ1) is 13.1. The second kappa shape index (κ2) is 11.7. The molecule has 0 radical (unpaired) electrons. The quantitative estimate of drug-likeness (QED) is 0.553.